The van der Waals surface area contributed by atoms with Crippen molar-refractivity contribution in [3.8, 4) is 23.0 Å². The fraction of sp³-hybridized carbons (Fsp3) is 0.125. The number of nitrogens with zero attached hydrogens (tertiary/aromatic N) is 2. The second kappa shape index (κ2) is 8.11. The van der Waals surface area contributed by atoms with E-state index in [4.69, 9.17) is 0 Å². The maximum absolute atomic E-state index is 13.1. The van der Waals surface area contributed by atoms with Gasteiger partial charge in [0.05, 0.1) is 22.2 Å². The van der Waals surface area contributed by atoms with Gasteiger partial charge < -0.3 is 5.11 Å². The van der Waals surface area contributed by atoms with Gasteiger partial charge in [-0.15, -0.1) is 0 Å². The Morgan fingerprint density at radius 1 is 1.06 bits per heavy atom. The number of benzene rings is 2. The first-order valence-electron chi connectivity index (χ1n) is 9.73. The molecule has 0 radical (unpaired) electrons. The van der Waals surface area contributed by atoms with Crippen LogP contribution in [-0.4, -0.2) is 28.7 Å². The molecule has 0 atom stereocenters. The monoisotopic (exact) mass is 449 g/mol. The number of sulfonamides is 1. The topological polar surface area (TPSA) is 83.7 Å². The Labute approximate surface area is 185 Å². The Kier molecular flexibility index (Phi) is 5.46. The summed E-state index contributed by atoms with van der Waals surface area (Å²) in [6.45, 7) is 3.22. The lowest BCUT2D eigenvalue weighted by atomic mass is 10.0. The van der Waals surface area contributed by atoms with Crippen molar-refractivity contribution in [2.24, 2.45) is 0 Å². The molecule has 0 unspecified atom stereocenters. The van der Waals surface area contributed by atoms with Crippen LogP contribution in [0.15, 0.2) is 78.0 Å². The third-order valence-electron chi connectivity index (χ3n) is 4.62. The van der Waals surface area contributed by atoms with Crippen LogP contribution in [0, 0.1) is 17.7 Å². The molecule has 0 aliphatic rings. The van der Waals surface area contributed by atoms with Gasteiger partial charge in [0, 0.05) is 17.4 Å². The quantitative estimate of drug-likeness (QED) is 0.460. The molecule has 2 aromatic heterocycles. The van der Waals surface area contributed by atoms with Gasteiger partial charge in [0.15, 0.2) is 0 Å². The van der Waals surface area contributed by atoms with Crippen LogP contribution >= 0.6 is 0 Å². The predicted molar refractivity (Wildman–Crippen MR) is 121 cm³/mol. The van der Waals surface area contributed by atoms with Crippen LogP contribution in [0.25, 0.3) is 16.6 Å². The molecule has 0 aliphatic carbocycles. The second-order valence-corrected chi connectivity index (χ2v) is 9.40. The fourth-order valence-corrected chi connectivity index (χ4v) is 4.18. The number of fused-ring (bicyclic) bond motifs is 1. The van der Waals surface area contributed by atoms with Crippen molar-refractivity contribution in [1.82, 2.24) is 9.61 Å². The molecule has 32 heavy (non-hydrogen) atoms. The first-order valence-corrected chi connectivity index (χ1v) is 11.2. The van der Waals surface area contributed by atoms with Crippen LogP contribution in [0.4, 0.5) is 10.1 Å². The molecule has 0 amide bonds. The maximum atomic E-state index is 13.1. The normalized spacial score (nSPS) is 11.8. The first kappa shape index (κ1) is 21.6. The summed E-state index contributed by atoms with van der Waals surface area (Å²) >= 11 is 0. The van der Waals surface area contributed by atoms with Crippen LogP contribution in [0.3, 0.4) is 0 Å². The number of hydrogen-bond donors (Lipinski definition) is 2. The lowest BCUT2D eigenvalue weighted by Gasteiger charge is -2.09. The van der Waals surface area contributed by atoms with Crippen LogP contribution in [0.2, 0.25) is 0 Å². The second-order valence-electron chi connectivity index (χ2n) is 7.72. The number of rotatable bonds is 4. The van der Waals surface area contributed by atoms with Gasteiger partial charge >= 0.3 is 0 Å². The lowest BCUT2D eigenvalue weighted by Crippen LogP contribution is -2.14. The van der Waals surface area contributed by atoms with E-state index in [0.29, 0.717) is 5.56 Å². The van der Waals surface area contributed by atoms with Crippen molar-refractivity contribution in [3.05, 3.63) is 84.4 Å². The van der Waals surface area contributed by atoms with Crippen LogP contribution in [-0.2, 0) is 10.0 Å². The highest BCUT2D eigenvalue weighted by Crippen LogP contribution is 2.28. The van der Waals surface area contributed by atoms with Crippen molar-refractivity contribution in [2.45, 2.75) is 24.3 Å². The zero-order chi connectivity index (χ0) is 22.9. The van der Waals surface area contributed by atoms with Gasteiger partial charge in [-0.2, -0.15) is 5.10 Å². The van der Waals surface area contributed by atoms with Gasteiger partial charge in [0.25, 0.3) is 10.0 Å². The van der Waals surface area contributed by atoms with Gasteiger partial charge in [-0.1, -0.05) is 24.0 Å². The van der Waals surface area contributed by atoms with Crippen molar-refractivity contribution < 1.29 is 17.9 Å². The standard InChI is InChI=1S/C24H20FN3O3S/c1-24(2,29)14-13-18-4-3-15-28-23(18)22(16-26-28)17-5-11-21(12-6-17)32(30,31)27-20-9-7-19(25)8-10-20/h3-12,15-16,27,29H,1-2H3. The highest BCUT2D eigenvalue weighted by atomic mass is 32.2. The largest absolute Gasteiger partial charge is 0.378 e. The zero-order valence-corrected chi connectivity index (χ0v) is 18.2. The van der Waals surface area contributed by atoms with Gasteiger partial charge in [-0.05, 0) is 67.9 Å². The molecule has 0 aliphatic heterocycles. The van der Waals surface area contributed by atoms with Crippen molar-refractivity contribution in [1.29, 1.82) is 0 Å². The number of halogens is 1. The van der Waals surface area contributed by atoms with Gasteiger partial charge in [-0.3, -0.25) is 4.72 Å². The molecule has 0 bridgehead atoms. The molecule has 0 spiro atoms. The van der Waals surface area contributed by atoms with E-state index in [1.165, 1.54) is 36.4 Å². The summed E-state index contributed by atoms with van der Waals surface area (Å²) in [5, 5.41) is 14.3. The predicted octanol–water partition coefficient (Wildman–Crippen LogP) is 4.06. The summed E-state index contributed by atoms with van der Waals surface area (Å²) in [7, 11) is -3.83. The van der Waals surface area contributed by atoms with Crippen molar-refractivity contribution in [2.75, 3.05) is 4.72 Å². The fourth-order valence-electron chi connectivity index (χ4n) is 3.12. The van der Waals surface area contributed by atoms with E-state index < -0.39 is 21.4 Å². The molecule has 0 saturated heterocycles. The number of aromatic nitrogens is 2. The van der Waals surface area contributed by atoms with E-state index in [9.17, 15) is 17.9 Å². The van der Waals surface area contributed by atoms with Crippen LogP contribution in [0.5, 0.6) is 0 Å². The Balaban J connectivity index is 1.68. The average molecular weight is 450 g/mol. The Morgan fingerprint density at radius 2 is 1.75 bits per heavy atom. The minimum Gasteiger partial charge on any atom is -0.378 e. The highest BCUT2D eigenvalue weighted by molar-refractivity contribution is 7.92. The molecule has 0 fully saturated rings. The smallest absolute Gasteiger partial charge is 0.261 e. The number of anilines is 1. The van der Waals surface area contributed by atoms with Crippen LogP contribution < -0.4 is 4.72 Å². The molecule has 2 aromatic carbocycles. The number of aliphatic hydroxyl groups is 1. The molecule has 6 nitrogen and oxygen atoms in total. The van der Waals surface area contributed by atoms with E-state index in [1.54, 1.807) is 42.9 Å². The molecule has 0 saturated carbocycles. The third kappa shape index (κ3) is 4.64. The van der Waals surface area contributed by atoms with E-state index >= 15 is 0 Å². The molecule has 2 heterocycles. The van der Waals surface area contributed by atoms with E-state index in [0.717, 1.165) is 16.6 Å². The minimum absolute atomic E-state index is 0.0732. The number of hydrogen-bond acceptors (Lipinski definition) is 4. The average Bonchev–Trinajstić information content (AvgIpc) is 3.18. The summed E-state index contributed by atoms with van der Waals surface area (Å²) in [4.78, 5) is 0.0732. The molecule has 162 valence electrons. The van der Waals surface area contributed by atoms with E-state index in [2.05, 4.69) is 21.7 Å². The molecule has 4 rings (SSSR count). The molecular weight excluding hydrogens is 429 g/mol. The Bertz CT molecular complexity index is 1440. The molecule has 4 aromatic rings. The number of pyridine rings is 1. The van der Waals surface area contributed by atoms with Crippen molar-refractivity contribution in [3.63, 3.8) is 0 Å². The summed E-state index contributed by atoms with van der Waals surface area (Å²) in [6.07, 6.45) is 3.48. The van der Waals surface area contributed by atoms with Crippen molar-refractivity contribution >= 4 is 21.2 Å². The highest BCUT2D eigenvalue weighted by Gasteiger charge is 2.16. The Hall–Kier alpha value is -3.67. The molecule has 2 N–H and O–H groups in total. The summed E-state index contributed by atoms with van der Waals surface area (Å²) in [5.74, 6) is 5.36. The lowest BCUT2D eigenvalue weighted by molar-refractivity contribution is 0.143. The van der Waals surface area contributed by atoms with Crippen LogP contribution in [0.1, 0.15) is 19.4 Å². The van der Waals surface area contributed by atoms with E-state index in [1.807, 2.05) is 12.1 Å². The first-order chi connectivity index (χ1) is 15.1. The maximum Gasteiger partial charge on any atom is 0.261 e. The minimum atomic E-state index is -3.83. The summed E-state index contributed by atoms with van der Waals surface area (Å²) < 4.78 is 42.5. The van der Waals surface area contributed by atoms with Gasteiger partial charge in [-0.25, -0.2) is 17.3 Å². The zero-order valence-electron chi connectivity index (χ0n) is 17.4. The van der Waals surface area contributed by atoms with Gasteiger partial charge in [0.1, 0.15) is 11.4 Å². The Morgan fingerprint density at radius 3 is 2.41 bits per heavy atom. The number of nitrogens with one attached hydrogen (secondary N) is 1. The summed E-state index contributed by atoms with van der Waals surface area (Å²) in [6, 6.07) is 15.1. The third-order valence-corrected chi connectivity index (χ3v) is 6.01. The summed E-state index contributed by atoms with van der Waals surface area (Å²) in [5.41, 5.74) is 2.12. The molecule has 8 heteroatoms. The van der Waals surface area contributed by atoms with Gasteiger partial charge in [0.2, 0.25) is 0 Å². The van der Waals surface area contributed by atoms with E-state index in [-0.39, 0.29) is 10.6 Å². The SMILES string of the molecule is CC(C)(O)C#Cc1cccn2ncc(-c3ccc(S(=O)(=O)Nc4ccc(F)cc4)cc3)c12. The molecular formula is C24H20FN3O3S.